The summed E-state index contributed by atoms with van der Waals surface area (Å²) in [4.78, 5) is 4.24. The van der Waals surface area contributed by atoms with Crippen molar-refractivity contribution in [3.05, 3.63) is 191 Å². The van der Waals surface area contributed by atoms with Gasteiger partial charge in [-0.25, -0.2) is 0 Å². The summed E-state index contributed by atoms with van der Waals surface area (Å²) >= 11 is 0. The zero-order valence-corrected chi connectivity index (χ0v) is 33.4. The van der Waals surface area contributed by atoms with Crippen molar-refractivity contribution in [2.45, 2.75) is 0 Å². The monoisotopic (exact) mass is 782 g/mol. The second kappa shape index (κ2) is 18.7. The third-order valence-electron chi connectivity index (χ3n) is 9.64. The molecule has 1 radical (unpaired) electrons. The molecule has 0 saturated heterocycles. The molecule has 8 nitrogen and oxygen atoms in total. The zero-order chi connectivity index (χ0) is 41.8. The van der Waals surface area contributed by atoms with Gasteiger partial charge in [-0.05, 0) is 121 Å². The first-order chi connectivity index (χ1) is 29.4. The average molecular weight is 783 g/mol. The van der Waals surface area contributed by atoms with Crippen LogP contribution in [0.2, 0.25) is 0 Å². The van der Waals surface area contributed by atoms with E-state index in [-0.39, 0.29) is 0 Å². The van der Waals surface area contributed by atoms with Gasteiger partial charge in [0.15, 0.2) is 17.1 Å². The van der Waals surface area contributed by atoms with Crippen LogP contribution in [0, 0.1) is 46.3 Å². The summed E-state index contributed by atoms with van der Waals surface area (Å²) in [7, 11) is 6.57. The summed E-state index contributed by atoms with van der Waals surface area (Å²) in [5, 5.41) is 20.2. The standard InChI is InChI=1S/C52H38N4O4/c1-57-48-25-17-44(18-26-48)55(45-19-27-49(58-2)28-20-45)42-13-7-37(8-14-42)5-11-40-33-39(35-53)34-41(52(40)36-54)12-6-38-9-15-43(16-10-38)56(46-21-29-50(59-3)30-22-46)47-23-31-51(60-4)32-24-47/h7-10,13-34H,1-4H3/q+1. The Morgan fingerprint density at radius 2 is 0.700 bits per heavy atom. The van der Waals surface area contributed by atoms with Crippen LogP contribution in [0.1, 0.15) is 33.4 Å². The number of anilines is 6. The summed E-state index contributed by atoms with van der Waals surface area (Å²) in [6, 6.07) is 54.8. The minimum atomic E-state index is 0.303. The van der Waals surface area contributed by atoms with Crippen molar-refractivity contribution in [2.75, 3.05) is 33.3 Å². The van der Waals surface area contributed by atoms with E-state index in [4.69, 9.17) is 18.9 Å². The lowest BCUT2D eigenvalue weighted by atomic mass is 9.98. The Hall–Kier alpha value is -8.40. The normalized spacial score (nSPS) is 10.2. The number of nitrogens with zero attached hydrogens (tertiary/aromatic N) is 4. The van der Waals surface area contributed by atoms with E-state index in [1.54, 1.807) is 40.6 Å². The highest BCUT2D eigenvalue weighted by atomic mass is 16.5. The molecule has 0 aromatic heterocycles. The largest absolute Gasteiger partial charge is 0.497 e. The number of ether oxygens (including phenoxy) is 4. The molecule has 8 heteroatoms. The van der Waals surface area contributed by atoms with Crippen molar-refractivity contribution < 1.29 is 18.9 Å². The molecule has 0 saturated carbocycles. The summed E-state index contributed by atoms with van der Waals surface area (Å²) in [5.74, 6) is 15.7. The smallest absolute Gasteiger partial charge is 0.192 e. The van der Waals surface area contributed by atoms with E-state index in [0.717, 1.165) is 68.2 Å². The van der Waals surface area contributed by atoms with E-state index in [0.29, 0.717) is 22.3 Å². The van der Waals surface area contributed by atoms with Gasteiger partial charge in [0, 0.05) is 75.7 Å². The summed E-state index contributed by atoms with van der Waals surface area (Å²) in [5.41, 5.74) is 8.60. The summed E-state index contributed by atoms with van der Waals surface area (Å²) in [6.07, 6.45) is 0. The molecule has 0 heterocycles. The Morgan fingerprint density at radius 1 is 0.383 bits per heavy atom. The van der Waals surface area contributed by atoms with Gasteiger partial charge in [-0.1, -0.05) is 28.6 Å². The Balaban J connectivity index is 1.16. The molecule has 0 aliphatic heterocycles. The average Bonchev–Trinajstić information content (AvgIpc) is 3.31. The molecular formula is C52H38N4O4+. The predicted molar refractivity (Wildman–Crippen MR) is 236 cm³/mol. The molecule has 7 aromatic rings. The van der Waals surface area contributed by atoms with Gasteiger partial charge in [-0.3, -0.25) is 0 Å². The quantitative estimate of drug-likeness (QED) is 0.101. The molecule has 60 heavy (non-hydrogen) atoms. The number of methoxy groups -OCH3 is 4. The first-order valence-corrected chi connectivity index (χ1v) is 18.8. The number of nitriles is 2. The van der Waals surface area contributed by atoms with Crippen molar-refractivity contribution in [3.63, 3.8) is 0 Å². The lowest BCUT2D eigenvalue weighted by molar-refractivity contribution is 0.414. The van der Waals surface area contributed by atoms with Crippen LogP contribution in [0.4, 0.5) is 34.1 Å². The topological polar surface area (TPSA) is 93.6 Å². The van der Waals surface area contributed by atoms with Gasteiger partial charge in [0.05, 0.1) is 45.6 Å². The Kier molecular flexibility index (Phi) is 12.4. The number of benzene rings is 7. The highest BCUT2D eigenvalue weighted by Crippen LogP contribution is 2.37. The van der Waals surface area contributed by atoms with Gasteiger partial charge >= 0.3 is 0 Å². The first kappa shape index (κ1) is 39.8. The van der Waals surface area contributed by atoms with Crippen molar-refractivity contribution in [1.82, 2.24) is 4.90 Å². The van der Waals surface area contributed by atoms with Crippen molar-refractivity contribution in [2.24, 2.45) is 0 Å². The van der Waals surface area contributed by atoms with Gasteiger partial charge in [0.25, 0.3) is 0 Å². The third kappa shape index (κ3) is 9.08. The SMILES string of the molecule is COc1ccc(N(c2ccc(C#Cc3cc(C#N)cc(C#Cc4ccc([N+](c5ccc(OC)cc5)c5ccc(OC)cc5)cc4)c3C#N)cc2)c2ccc(OC)cc2)cc1. The second-order valence-electron chi connectivity index (χ2n) is 13.2. The van der Waals surface area contributed by atoms with Crippen LogP contribution in [0.3, 0.4) is 0 Å². The highest BCUT2D eigenvalue weighted by Gasteiger charge is 2.26. The first-order valence-electron chi connectivity index (χ1n) is 18.8. The Morgan fingerprint density at radius 3 is 1.03 bits per heavy atom. The summed E-state index contributed by atoms with van der Waals surface area (Å²) < 4.78 is 21.5. The van der Waals surface area contributed by atoms with Crippen LogP contribution >= 0.6 is 0 Å². The van der Waals surface area contributed by atoms with Crippen LogP contribution < -0.4 is 28.7 Å². The molecule has 0 aliphatic rings. The fourth-order valence-corrected chi connectivity index (χ4v) is 6.51. The van der Waals surface area contributed by atoms with Gasteiger partial charge in [-0.15, -0.1) is 0 Å². The van der Waals surface area contributed by atoms with E-state index in [9.17, 15) is 10.5 Å². The molecule has 0 N–H and O–H groups in total. The van der Waals surface area contributed by atoms with Crippen LogP contribution in [0.15, 0.2) is 158 Å². The van der Waals surface area contributed by atoms with Gasteiger partial charge in [0.2, 0.25) is 0 Å². The van der Waals surface area contributed by atoms with E-state index in [1.165, 1.54) is 0 Å². The molecule has 7 rings (SSSR count). The van der Waals surface area contributed by atoms with Crippen molar-refractivity contribution >= 4 is 34.1 Å². The van der Waals surface area contributed by atoms with E-state index < -0.39 is 0 Å². The molecule has 0 atom stereocenters. The Bertz CT molecular complexity index is 2520. The molecule has 289 valence electrons. The van der Waals surface area contributed by atoms with Crippen LogP contribution in [-0.2, 0) is 0 Å². The van der Waals surface area contributed by atoms with Gasteiger partial charge in [-0.2, -0.15) is 10.5 Å². The molecule has 0 bridgehead atoms. The fourth-order valence-electron chi connectivity index (χ4n) is 6.51. The minimum Gasteiger partial charge on any atom is -0.497 e. The molecule has 7 aromatic carbocycles. The lowest BCUT2D eigenvalue weighted by Crippen LogP contribution is -2.11. The second-order valence-corrected chi connectivity index (χ2v) is 13.2. The summed E-state index contributed by atoms with van der Waals surface area (Å²) in [6.45, 7) is 0. The molecule has 0 fully saturated rings. The maximum atomic E-state index is 10.3. The predicted octanol–water partition coefficient (Wildman–Crippen LogP) is 11.2. The molecular weight excluding hydrogens is 745 g/mol. The molecule has 0 spiro atoms. The lowest BCUT2D eigenvalue weighted by Gasteiger charge is -2.25. The third-order valence-corrected chi connectivity index (χ3v) is 9.64. The van der Waals surface area contributed by atoms with E-state index in [2.05, 4.69) is 45.6 Å². The number of hydrogen-bond acceptors (Lipinski definition) is 8. The van der Waals surface area contributed by atoms with Crippen LogP contribution in [0.25, 0.3) is 0 Å². The number of rotatable bonds is 10. The van der Waals surface area contributed by atoms with Crippen molar-refractivity contribution in [1.29, 1.82) is 10.5 Å². The molecule has 0 amide bonds. The van der Waals surface area contributed by atoms with E-state index >= 15 is 0 Å². The maximum Gasteiger partial charge on any atom is 0.192 e. The van der Waals surface area contributed by atoms with Gasteiger partial charge < -0.3 is 23.8 Å². The maximum absolute atomic E-state index is 10.3. The van der Waals surface area contributed by atoms with Crippen LogP contribution in [0.5, 0.6) is 23.0 Å². The zero-order valence-electron chi connectivity index (χ0n) is 33.4. The molecule has 0 aliphatic carbocycles. The van der Waals surface area contributed by atoms with Crippen molar-refractivity contribution in [3.8, 4) is 58.8 Å². The van der Waals surface area contributed by atoms with Crippen LogP contribution in [-0.4, -0.2) is 28.4 Å². The van der Waals surface area contributed by atoms with E-state index in [1.807, 2.05) is 146 Å². The highest BCUT2D eigenvalue weighted by molar-refractivity contribution is 5.77. The Labute approximate surface area is 350 Å². The number of hydrogen-bond donors (Lipinski definition) is 0. The molecule has 0 unspecified atom stereocenters. The minimum absolute atomic E-state index is 0.303. The van der Waals surface area contributed by atoms with Gasteiger partial charge in [0.1, 0.15) is 29.1 Å². The fraction of sp³-hybridized carbons (Fsp3) is 0.0769.